The maximum Gasteiger partial charge on any atom is 0.231 e. The Labute approximate surface area is 106 Å². The molecule has 1 N–H and O–H groups in total. The van der Waals surface area contributed by atoms with Gasteiger partial charge in [-0.2, -0.15) is 0 Å². The number of rotatable bonds is 1. The van der Waals surface area contributed by atoms with Crippen molar-refractivity contribution in [3.63, 3.8) is 0 Å². The minimum Gasteiger partial charge on any atom is -0.454 e. The Morgan fingerprint density at radius 3 is 2.82 bits per heavy atom. The molecule has 1 saturated heterocycles. The number of piperidine rings is 1. The van der Waals surface area contributed by atoms with Gasteiger partial charge in [0.05, 0.1) is 5.02 Å². The molecule has 0 saturated carbocycles. The Morgan fingerprint density at radius 2 is 2.06 bits per heavy atom. The van der Waals surface area contributed by atoms with Crippen LogP contribution in [-0.2, 0) is 0 Å². The highest BCUT2D eigenvalue weighted by Gasteiger charge is 2.25. The molecule has 2 aliphatic rings. The largest absolute Gasteiger partial charge is 0.454 e. The molecule has 1 fully saturated rings. The van der Waals surface area contributed by atoms with Crippen molar-refractivity contribution in [3.05, 3.63) is 22.2 Å². The van der Waals surface area contributed by atoms with E-state index in [1.807, 2.05) is 6.92 Å². The number of ether oxygens (including phenoxy) is 2. The lowest BCUT2D eigenvalue weighted by atomic mass is 9.89. The van der Waals surface area contributed by atoms with Gasteiger partial charge in [-0.1, -0.05) is 11.6 Å². The standard InChI is InChI=1S/C13H16ClNO2/c1-8-12(14)10(9-2-4-15-5-3-9)6-11-13(8)17-7-16-11/h6,9,15H,2-5,7H2,1H3. The fraction of sp³-hybridized carbons (Fsp3) is 0.538. The van der Waals surface area contributed by atoms with Gasteiger partial charge in [0, 0.05) is 5.56 Å². The molecule has 0 aliphatic carbocycles. The van der Waals surface area contributed by atoms with Crippen molar-refractivity contribution in [2.24, 2.45) is 0 Å². The summed E-state index contributed by atoms with van der Waals surface area (Å²) in [7, 11) is 0. The van der Waals surface area contributed by atoms with Crippen LogP contribution in [0, 0.1) is 6.92 Å². The second kappa shape index (κ2) is 4.39. The van der Waals surface area contributed by atoms with Crippen molar-refractivity contribution < 1.29 is 9.47 Å². The Balaban J connectivity index is 2.01. The lowest BCUT2D eigenvalue weighted by molar-refractivity contribution is 0.173. The summed E-state index contributed by atoms with van der Waals surface area (Å²) in [6.07, 6.45) is 2.28. The topological polar surface area (TPSA) is 30.5 Å². The van der Waals surface area contributed by atoms with Crippen LogP contribution in [0.2, 0.25) is 5.02 Å². The second-order valence-electron chi connectivity index (χ2n) is 4.66. The van der Waals surface area contributed by atoms with Gasteiger partial charge in [0.25, 0.3) is 0 Å². The first-order valence-electron chi connectivity index (χ1n) is 6.06. The molecule has 0 aromatic heterocycles. The van der Waals surface area contributed by atoms with Gasteiger partial charge >= 0.3 is 0 Å². The van der Waals surface area contributed by atoms with E-state index in [9.17, 15) is 0 Å². The van der Waals surface area contributed by atoms with Crippen molar-refractivity contribution in [2.75, 3.05) is 19.9 Å². The molecule has 1 aromatic carbocycles. The van der Waals surface area contributed by atoms with Crippen LogP contribution in [0.25, 0.3) is 0 Å². The molecule has 17 heavy (non-hydrogen) atoms. The van der Waals surface area contributed by atoms with E-state index in [1.165, 1.54) is 5.56 Å². The molecule has 0 bridgehead atoms. The zero-order valence-electron chi connectivity index (χ0n) is 9.88. The van der Waals surface area contributed by atoms with E-state index < -0.39 is 0 Å². The van der Waals surface area contributed by atoms with Gasteiger partial charge in [0.1, 0.15) is 0 Å². The highest BCUT2D eigenvalue weighted by Crippen LogP contribution is 2.44. The quantitative estimate of drug-likeness (QED) is 0.835. The maximum absolute atomic E-state index is 6.45. The average Bonchev–Trinajstić information content (AvgIpc) is 2.83. The summed E-state index contributed by atoms with van der Waals surface area (Å²) in [5, 5.41) is 4.22. The normalized spacial score (nSPS) is 19.6. The number of fused-ring (bicyclic) bond motifs is 1. The fourth-order valence-electron chi connectivity index (χ4n) is 2.64. The summed E-state index contributed by atoms with van der Waals surface area (Å²) < 4.78 is 10.9. The Kier molecular flexibility index (Phi) is 2.89. The SMILES string of the molecule is Cc1c(Cl)c(C2CCNCC2)cc2c1OCO2. The minimum atomic E-state index is 0.308. The Bertz CT molecular complexity index is 442. The third-order valence-corrected chi connectivity index (χ3v) is 4.13. The summed E-state index contributed by atoms with van der Waals surface area (Å²) in [5.74, 6) is 2.20. The Hall–Kier alpha value is -0.930. The minimum absolute atomic E-state index is 0.308. The molecule has 2 aliphatic heterocycles. The van der Waals surface area contributed by atoms with Crippen LogP contribution in [-0.4, -0.2) is 19.9 Å². The van der Waals surface area contributed by atoms with E-state index >= 15 is 0 Å². The predicted octanol–water partition coefficient (Wildman–Crippen LogP) is 2.84. The molecule has 3 rings (SSSR count). The van der Waals surface area contributed by atoms with Crippen LogP contribution in [0.15, 0.2) is 6.07 Å². The van der Waals surface area contributed by atoms with Gasteiger partial charge in [0.15, 0.2) is 11.5 Å². The van der Waals surface area contributed by atoms with Crippen molar-refractivity contribution in [2.45, 2.75) is 25.7 Å². The number of benzene rings is 1. The molecule has 3 nitrogen and oxygen atoms in total. The van der Waals surface area contributed by atoms with Crippen LogP contribution >= 0.6 is 11.6 Å². The van der Waals surface area contributed by atoms with E-state index in [4.69, 9.17) is 21.1 Å². The first-order valence-corrected chi connectivity index (χ1v) is 6.44. The first kappa shape index (κ1) is 11.2. The Morgan fingerprint density at radius 1 is 1.29 bits per heavy atom. The van der Waals surface area contributed by atoms with Crippen molar-refractivity contribution >= 4 is 11.6 Å². The molecular weight excluding hydrogens is 238 g/mol. The maximum atomic E-state index is 6.45. The highest BCUT2D eigenvalue weighted by molar-refractivity contribution is 6.32. The molecule has 92 valence electrons. The zero-order chi connectivity index (χ0) is 11.8. The number of halogens is 1. The van der Waals surface area contributed by atoms with Crippen LogP contribution in [0.5, 0.6) is 11.5 Å². The van der Waals surface area contributed by atoms with Crippen molar-refractivity contribution in [1.82, 2.24) is 5.32 Å². The third kappa shape index (κ3) is 1.87. The molecule has 0 unspecified atom stereocenters. The molecule has 1 aromatic rings. The molecule has 0 atom stereocenters. The molecule has 0 amide bonds. The lowest BCUT2D eigenvalue weighted by Crippen LogP contribution is -2.26. The second-order valence-corrected chi connectivity index (χ2v) is 5.04. The van der Waals surface area contributed by atoms with Gasteiger partial charge in [-0.3, -0.25) is 0 Å². The molecule has 2 heterocycles. The van der Waals surface area contributed by atoms with Crippen LogP contribution in [0.4, 0.5) is 0 Å². The lowest BCUT2D eigenvalue weighted by Gasteiger charge is -2.24. The average molecular weight is 254 g/mol. The smallest absolute Gasteiger partial charge is 0.231 e. The van der Waals surface area contributed by atoms with Crippen LogP contribution in [0.1, 0.15) is 29.9 Å². The van der Waals surface area contributed by atoms with Gasteiger partial charge in [-0.05, 0) is 50.4 Å². The fourth-order valence-corrected chi connectivity index (χ4v) is 2.93. The third-order valence-electron chi connectivity index (χ3n) is 3.63. The molecule has 4 heteroatoms. The predicted molar refractivity (Wildman–Crippen MR) is 67.2 cm³/mol. The van der Waals surface area contributed by atoms with Crippen LogP contribution < -0.4 is 14.8 Å². The molecule has 0 radical (unpaired) electrons. The van der Waals surface area contributed by atoms with Gasteiger partial charge < -0.3 is 14.8 Å². The van der Waals surface area contributed by atoms with E-state index in [-0.39, 0.29) is 0 Å². The van der Waals surface area contributed by atoms with Crippen molar-refractivity contribution in [3.8, 4) is 11.5 Å². The van der Waals surface area contributed by atoms with Gasteiger partial charge in [-0.25, -0.2) is 0 Å². The molecular formula is C13H16ClNO2. The highest BCUT2D eigenvalue weighted by atomic mass is 35.5. The summed E-state index contributed by atoms with van der Waals surface area (Å²) in [6, 6.07) is 2.06. The van der Waals surface area contributed by atoms with E-state index in [0.717, 1.165) is 48.0 Å². The first-order chi connectivity index (χ1) is 8.27. The molecule has 0 spiro atoms. The summed E-state index contributed by atoms with van der Waals surface area (Å²) in [6.45, 7) is 4.44. The summed E-state index contributed by atoms with van der Waals surface area (Å²) >= 11 is 6.45. The monoisotopic (exact) mass is 253 g/mol. The zero-order valence-corrected chi connectivity index (χ0v) is 10.6. The number of nitrogens with one attached hydrogen (secondary N) is 1. The van der Waals surface area contributed by atoms with Gasteiger partial charge in [-0.15, -0.1) is 0 Å². The van der Waals surface area contributed by atoms with Crippen LogP contribution in [0.3, 0.4) is 0 Å². The van der Waals surface area contributed by atoms with E-state index in [2.05, 4.69) is 11.4 Å². The number of hydrogen-bond acceptors (Lipinski definition) is 3. The van der Waals surface area contributed by atoms with Crippen molar-refractivity contribution in [1.29, 1.82) is 0 Å². The van der Waals surface area contributed by atoms with Gasteiger partial charge in [0.2, 0.25) is 6.79 Å². The summed E-state index contributed by atoms with van der Waals surface area (Å²) in [4.78, 5) is 0. The number of hydrogen-bond donors (Lipinski definition) is 1. The summed E-state index contributed by atoms with van der Waals surface area (Å²) in [5.41, 5.74) is 2.23. The van der Waals surface area contributed by atoms with E-state index in [0.29, 0.717) is 12.7 Å². The van der Waals surface area contributed by atoms with E-state index in [1.54, 1.807) is 0 Å².